The molecule has 33 heavy (non-hydrogen) atoms. The molecule has 0 radical (unpaired) electrons. The lowest BCUT2D eigenvalue weighted by atomic mass is 9.98. The van der Waals surface area contributed by atoms with Gasteiger partial charge in [-0.3, -0.25) is 14.9 Å². The minimum absolute atomic E-state index is 0.172. The average Bonchev–Trinajstić information content (AvgIpc) is 3.26. The van der Waals surface area contributed by atoms with Crippen molar-refractivity contribution in [3.63, 3.8) is 0 Å². The van der Waals surface area contributed by atoms with Crippen molar-refractivity contribution in [3.8, 4) is 0 Å². The van der Waals surface area contributed by atoms with E-state index in [1.54, 1.807) is 0 Å². The first-order chi connectivity index (χ1) is 15.5. The van der Waals surface area contributed by atoms with Gasteiger partial charge in [0.2, 0.25) is 10.0 Å². The number of nitrogens with two attached hydrogens (primary N) is 2. The molecule has 8 nitrogen and oxygen atoms in total. The smallest absolute Gasteiger partial charge is 0.251 e. The lowest BCUT2D eigenvalue weighted by Crippen LogP contribution is -2.33. The van der Waals surface area contributed by atoms with Crippen LogP contribution in [0.2, 0.25) is 0 Å². The fourth-order valence-electron chi connectivity index (χ4n) is 3.30. The highest BCUT2D eigenvalue weighted by molar-refractivity contribution is 8.00. The van der Waals surface area contributed by atoms with Crippen molar-refractivity contribution in [1.82, 2.24) is 5.32 Å². The van der Waals surface area contributed by atoms with E-state index in [-0.39, 0.29) is 29.1 Å². The number of sulfonamides is 1. The van der Waals surface area contributed by atoms with Crippen molar-refractivity contribution in [1.29, 1.82) is 0 Å². The van der Waals surface area contributed by atoms with Gasteiger partial charge in [-0.1, -0.05) is 0 Å². The summed E-state index contributed by atoms with van der Waals surface area (Å²) in [7, 11) is -4.29. The molecule has 1 unspecified atom stereocenters. The van der Waals surface area contributed by atoms with Crippen LogP contribution in [0, 0.1) is 17.5 Å². The van der Waals surface area contributed by atoms with E-state index in [0.717, 1.165) is 11.8 Å². The zero-order valence-corrected chi connectivity index (χ0v) is 18.7. The molecule has 1 aliphatic rings. The third kappa shape index (κ3) is 6.32. The van der Waals surface area contributed by atoms with Crippen molar-refractivity contribution < 1.29 is 31.2 Å². The van der Waals surface area contributed by atoms with Crippen LogP contribution in [-0.2, 0) is 21.2 Å². The number of Topliss-reactive ketones (excluding diaryl/α,β-unsaturated/α-hetero) is 1. The Morgan fingerprint density at radius 2 is 1.85 bits per heavy atom. The van der Waals surface area contributed by atoms with E-state index in [4.69, 9.17) is 10.9 Å². The van der Waals surface area contributed by atoms with Crippen LogP contribution < -0.4 is 21.5 Å². The van der Waals surface area contributed by atoms with Gasteiger partial charge in [-0.25, -0.2) is 26.7 Å². The minimum atomic E-state index is -4.29. The Labute approximate surface area is 192 Å². The number of carbonyl (C=O) groups excluding carboxylic acids is 2. The van der Waals surface area contributed by atoms with Crippen molar-refractivity contribution in [2.24, 2.45) is 10.9 Å². The number of carbonyl (C=O) groups is 2. The normalized spacial score (nSPS) is 17.1. The van der Waals surface area contributed by atoms with Crippen LogP contribution in [0.15, 0.2) is 35.2 Å². The molecule has 0 spiro atoms. The standard InChI is InChI=1S/C20H21F3N4O4S2/c21-14-9-16(23)15(22)6-10(14)5-11(24)7-17(28)13-8-12(1-2-18(13)33(25,30)31)27-19(29)20-26-3-4-32-20/h1-2,6,8-9,11,20,26H,3-5,7,24H2,(H,27,29)(H2,25,30,31)/t11-,20?/m1/s1. The molecule has 2 aromatic rings. The molecule has 1 heterocycles. The molecule has 0 bridgehead atoms. The molecule has 6 N–H and O–H groups in total. The van der Waals surface area contributed by atoms with Gasteiger partial charge in [-0.15, -0.1) is 11.8 Å². The first-order valence-corrected chi connectivity index (χ1v) is 12.3. The van der Waals surface area contributed by atoms with Crippen molar-refractivity contribution in [3.05, 3.63) is 58.9 Å². The first kappa shape index (κ1) is 25.2. The molecular weight excluding hydrogens is 481 g/mol. The van der Waals surface area contributed by atoms with Gasteiger partial charge in [0.15, 0.2) is 17.4 Å². The summed E-state index contributed by atoms with van der Waals surface area (Å²) < 4.78 is 64.3. The highest BCUT2D eigenvalue weighted by Gasteiger charge is 2.25. The predicted octanol–water partition coefficient (Wildman–Crippen LogP) is 1.50. The van der Waals surface area contributed by atoms with E-state index in [0.29, 0.717) is 18.7 Å². The Balaban J connectivity index is 1.80. The Morgan fingerprint density at radius 3 is 2.48 bits per heavy atom. The molecule has 0 saturated carbocycles. The number of ketones is 1. The summed E-state index contributed by atoms with van der Waals surface area (Å²) in [5, 5.41) is 10.3. The molecule has 2 aromatic carbocycles. The summed E-state index contributed by atoms with van der Waals surface area (Å²) in [6, 6.07) is 3.54. The molecule has 178 valence electrons. The maximum Gasteiger partial charge on any atom is 0.251 e. The van der Waals surface area contributed by atoms with Crippen LogP contribution in [0.25, 0.3) is 0 Å². The van der Waals surface area contributed by atoms with Gasteiger partial charge in [-0.2, -0.15) is 0 Å². The zero-order valence-electron chi connectivity index (χ0n) is 17.1. The quantitative estimate of drug-likeness (QED) is 0.316. The first-order valence-electron chi connectivity index (χ1n) is 9.70. The fourth-order valence-corrected chi connectivity index (χ4v) is 4.95. The number of primary sulfonamides is 1. The summed E-state index contributed by atoms with van der Waals surface area (Å²) >= 11 is 1.40. The number of hydrogen-bond acceptors (Lipinski definition) is 7. The summed E-state index contributed by atoms with van der Waals surface area (Å²) in [5.74, 6) is -4.00. The van der Waals surface area contributed by atoms with E-state index < -0.39 is 56.0 Å². The molecule has 13 heteroatoms. The molecule has 0 aromatic heterocycles. The van der Waals surface area contributed by atoms with Crippen molar-refractivity contribution in [2.75, 3.05) is 17.6 Å². The van der Waals surface area contributed by atoms with Gasteiger partial charge in [0, 0.05) is 42.1 Å². The van der Waals surface area contributed by atoms with E-state index in [1.165, 1.54) is 23.9 Å². The molecule has 1 aliphatic heterocycles. The van der Waals surface area contributed by atoms with Crippen LogP contribution in [0.3, 0.4) is 0 Å². The third-order valence-electron chi connectivity index (χ3n) is 4.83. The van der Waals surface area contributed by atoms with Gasteiger partial charge in [0.05, 0.1) is 4.90 Å². The van der Waals surface area contributed by atoms with Crippen molar-refractivity contribution in [2.45, 2.75) is 29.2 Å². The Hall–Kier alpha value is -2.45. The van der Waals surface area contributed by atoms with Crippen LogP contribution in [0.5, 0.6) is 0 Å². The van der Waals surface area contributed by atoms with E-state index in [9.17, 15) is 31.2 Å². The fraction of sp³-hybridized carbons (Fsp3) is 0.300. The van der Waals surface area contributed by atoms with Crippen molar-refractivity contribution >= 4 is 39.2 Å². The number of benzene rings is 2. The summed E-state index contributed by atoms with van der Waals surface area (Å²) in [6.07, 6.45) is -0.751. The second kappa shape index (κ2) is 10.2. The van der Waals surface area contributed by atoms with Gasteiger partial charge >= 0.3 is 0 Å². The van der Waals surface area contributed by atoms with Gasteiger partial charge < -0.3 is 11.1 Å². The van der Waals surface area contributed by atoms with Gasteiger partial charge in [0.25, 0.3) is 5.91 Å². The average molecular weight is 503 g/mol. The van der Waals surface area contributed by atoms with Crippen LogP contribution in [0.4, 0.5) is 18.9 Å². The van der Waals surface area contributed by atoms with Gasteiger partial charge in [0.1, 0.15) is 11.2 Å². The zero-order chi connectivity index (χ0) is 24.3. The van der Waals surface area contributed by atoms with Crippen LogP contribution in [-0.4, -0.2) is 43.8 Å². The number of nitrogens with one attached hydrogen (secondary N) is 2. The Morgan fingerprint density at radius 1 is 1.15 bits per heavy atom. The number of anilines is 1. The SMILES string of the molecule is N[C@@H](CC(=O)c1cc(NC(=O)C2NCCS2)ccc1S(N)(=O)=O)Cc1cc(F)c(F)cc1F. The number of thioether (sulfide) groups is 1. The predicted molar refractivity (Wildman–Crippen MR) is 118 cm³/mol. The topological polar surface area (TPSA) is 144 Å². The molecule has 1 fully saturated rings. The second-order valence-electron chi connectivity index (χ2n) is 7.40. The molecule has 2 atom stereocenters. The number of hydrogen-bond donors (Lipinski definition) is 4. The van der Waals surface area contributed by atoms with Crippen LogP contribution >= 0.6 is 11.8 Å². The van der Waals surface area contributed by atoms with E-state index in [1.807, 2.05) is 0 Å². The largest absolute Gasteiger partial charge is 0.327 e. The number of amides is 1. The molecule has 1 saturated heterocycles. The highest BCUT2D eigenvalue weighted by Crippen LogP contribution is 2.24. The second-order valence-corrected chi connectivity index (χ2v) is 10.1. The lowest BCUT2D eigenvalue weighted by Gasteiger charge is -2.15. The minimum Gasteiger partial charge on any atom is -0.327 e. The Kier molecular flexibility index (Phi) is 7.80. The Bertz CT molecular complexity index is 1190. The third-order valence-corrected chi connectivity index (χ3v) is 6.95. The van der Waals surface area contributed by atoms with E-state index >= 15 is 0 Å². The van der Waals surface area contributed by atoms with E-state index in [2.05, 4.69) is 10.6 Å². The monoisotopic (exact) mass is 502 g/mol. The van der Waals surface area contributed by atoms with Gasteiger partial charge in [-0.05, 0) is 36.2 Å². The number of rotatable bonds is 8. The highest BCUT2D eigenvalue weighted by atomic mass is 32.2. The molecular formula is C20H21F3N4O4S2. The maximum atomic E-state index is 13.9. The van der Waals surface area contributed by atoms with Crippen LogP contribution in [0.1, 0.15) is 22.3 Å². The molecule has 3 rings (SSSR count). The summed E-state index contributed by atoms with van der Waals surface area (Å²) in [4.78, 5) is 24.7. The molecule has 0 aliphatic carbocycles. The lowest BCUT2D eigenvalue weighted by molar-refractivity contribution is -0.116. The summed E-state index contributed by atoms with van der Waals surface area (Å²) in [5.41, 5.74) is 5.53. The maximum absolute atomic E-state index is 13.9. The summed E-state index contributed by atoms with van der Waals surface area (Å²) in [6.45, 7) is 0.660. The molecule has 1 amide bonds. The number of halogens is 3.